The lowest BCUT2D eigenvalue weighted by molar-refractivity contribution is 0.104. The Kier molecular flexibility index (Phi) is 6.09. The Morgan fingerprint density at radius 1 is 0.750 bits per heavy atom. The van der Waals surface area contributed by atoms with Crippen molar-refractivity contribution >= 4 is 15.6 Å². The van der Waals surface area contributed by atoms with Gasteiger partial charge in [0.1, 0.15) is 0 Å². The molecular formula is C24H30O3S. The molecular weight excluding hydrogens is 368 g/mol. The maximum atomic E-state index is 12.6. The van der Waals surface area contributed by atoms with Gasteiger partial charge in [-0.05, 0) is 62.8 Å². The van der Waals surface area contributed by atoms with Crippen molar-refractivity contribution in [3.8, 4) is 11.1 Å². The van der Waals surface area contributed by atoms with E-state index in [2.05, 4.69) is 12.1 Å². The average Bonchev–Trinajstić information content (AvgIpc) is 2.92. The molecule has 2 aromatic carbocycles. The number of carbonyl (C=O) groups is 1. The molecule has 1 aliphatic rings. The molecule has 0 radical (unpaired) electrons. The van der Waals surface area contributed by atoms with E-state index in [9.17, 15) is 13.2 Å². The van der Waals surface area contributed by atoms with Crippen molar-refractivity contribution in [2.75, 3.05) is 5.75 Å². The van der Waals surface area contributed by atoms with Gasteiger partial charge in [-0.25, -0.2) is 8.42 Å². The smallest absolute Gasteiger partial charge is 0.194 e. The number of benzene rings is 2. The first kappa shape index (κ1) is 20.8. The summed E-state index contributed by atoms with van der Waals surface area (Å²) in [6.45, 7) is 5.30. The predicted octanol–water partition coefficient (Wildman–Crippen LogP) is 5.60. The van der Waals surface area contributed by atoms with Gasteiger partial charge in [-0.1, -0.05) is 55.7 Å². The number of aryl methyl sites for hydroxylation is 1. The summed E-state index contributed by atoms with van der Waals surface area (Å²) in [6, 6.07) is 14.1. The highest BCUT2D eigenvalue weighted by Crippen LogP contribution is 2.36. The van der Waals surface area contributed by atoms with E-state index in [-0.39, 0.29) is 11.5 Å². The number of fused-ring (bicyclic) bond motifs is 3. The zero-order valence-corrected chi connectivity index (χ0v) is 17.9. The molecule has 0 saturated heterocycles. The number of ketones is 1. The first-order chi connectivity index (χ1) is 13.2. The molecule has 0 spiro atoms. The molecule has 0 fully saturated rings. The molecule has 0 aliphatic heterocycles. The van der Waals surface area contributed by atoms with Crippen LogP contribution in [0.2, 0.25) is 0 Å². The van der Waals surface area contributed by atoms with Crippen molar-refractivity contribution in [2.45, 2.75) is 64.0 Å². The fraction of sp³-hybridized carbons (Fsp3) is 0.458. The molecule has 0 aromatic heterocycles. The van der Waals surface area contributed by atoms with Crippen LogP contribution in [0.5, 0.6) is 0 Å². The average molecular weight is 399 g/mol. The van der Waals surface area contributed by atoms with Crippen LogP contribution in [0.15, 0.2) is 42.5 Å². The van der Waals surface area contributed by atoms with Gasteiger partial charge in [0, 0.05) is 11.1 Å². The van der Waals surface area contributed by atoms with E-state index >= 15 is 0 Å². The number of unbranched alkanes of at least 4 members (excludes halogenated alkanes) is 4. The summed E-state index contributed by atoms with van der Waals surface area (Å²) in [4.78, 5) is 12.6. The third-order valence-corrected chi connectivity index (χ3v) is 8.29. The van der Waals surface area contributed by atoms with E-state index in [1.807, 2.05) is 30.3 Å². The number of rotatable bonds is 8. The van der Waals surface area contributed by atoms with Crippen molar-refractivity contribution in [3.05, 3.63) is 59.2 Å². The van der Waals surface area contributed by atoms with E-state index in [0.717, 1.165) is 60.8 Å². The minimum atomic E-state index is -3.00. The second-order valence-corrected chi connectivity index (χ2v) is 11.6. The highest BCUT2D eigenvalue weighted by Gasteiger charge is 2.28. The maximum absolute atomic E-state index is 12.6. The molecule has 0 amide bonds. The van der Waals surface area contributed by atoms with Crippen LogP contribution in [0.1, 0.15) is 74.4 Å². The Hall–Kier alpha value is -1.94. The van der Waals surface area contributed by atoms with Crippen LogP contribution in [0, 0.1) is 0 Å². The lowest BCUT2D eigenvalue weighted by atomic mass is 10.00. The topological polar surface area (TPSA) is 51.2 Å². The summed E-state index contributed by atoms with van der Waals surface area (Å²) in [5.74, 6) is 0.414. The third kappa shape index (κ3) is 4.38. The van der Waals surface area contributed by atoms with E-state index in [1.165, 1.54) is 5.56 Å². The summed E-state index contributed by atoms with van der Waals surface area (Å²) < 4.78 is 23.5. The number of hydrogen-bond donors (Lipinski definition) is 0. The zero-order chi connectivity index (χ0) is 20.4. The molecule has 0 unspecified atom stereocenters. The third-order valence-electron chi connectivity index (χ3n) is 5.60. The summed E-state index contributed by atoms with van der Waals surface area (Å²) in [7, 11) is -3.00. The van der Waals surface area contributed by atoms with Gasteiger partial charge in [0.15, 0.2) is 15.6 Å². The van der Waals surface area contributed by atoms with Gasteiger partial charge >= 0.3 is 0 Å². The molecule has 4 heteroatoms. The molecule has 2 aromatic rings. The number of sulfone groups is 1. The standard InChI is InChI=1S/C24H30O3S/c1-24(2,3)28(26,27)16-10-6-4-5-7-11-18-14-15-20-19-12-8-9-13-21(19)23(25)22(20)17-18/h8-9,12-15,17H,4-7,10-11,16H2,1-3H3. The molecule has 3 rings (SSSR count). The largest absolute Gasteiger partial charge is 0.289 e. The van der Waals surface area contributed by atoms with E-state index < -0.39 is 14.6 Å². The zero-order valence-electron chi connectivity index (χ0n) is 17.1. The highest BCUT2D eigenvalue weighted by molar-refractivity contribution is 7.92. The second-order valence-electron chi connectivity index (χ2n) is 8.70. The molecule has 150 valence electrons. The van der Waals surface area contributed by atoms with Crippen molar-refractivity contribution in [2.24, 2.45) is 0 Å². The number of hydrogen-bond acceptors (Lipinski definition) is 3. The maximum Gasteiger partial charge on any atom is 0.194 e. The van der Waals surface area contributed by atoms with Crippen LogP contribution >= 0.6 is 0 Å². The van der Waals surface area contributed by atoms with Gasteiger partial charge in [-0.15, -0.1) is 0 Å². The monoisotopic (exact) mass is 398 g/mol. The normalized spacial score (nSPS) is 13.5. The van der Waals surface area contributed by atoms with E-state index in [0.29, 0.717) is 0 Å². The second kappa shape index (κ2) is 8.20. The van der Waals surface area contributed by atoms with Gasteiger partial charge in [0.25, 0.3) is 0 Å². The Labute approximate surface area is 169 Å². The molecule has 28 heavy (non-hydrogen) atoms. The number of carbonyl (C=O) groups excluding carboxylic acids is 1. The van der Waals surface area contributed by atoms with Gasteiger partial charge in [0.2, 0.25) is 0 Å². The van der Waals surface area contributed by atoms with Crippen LogP contribution in [0.25, 0.3) is 11.1 Å². The summed E-state index contributed by atoms with van der Waals surface area (Å²) in [5.41, 5.74) is 4.92. The molecule has 0 N–H and O–H groups in total. The summed E-state index contributed by atoms with van der Waals surface area (Å²) >= 11 is 0. The minimum absolute atomic E-state index is 0.132. The lowest BCUT2D eigenvalue weighted by Crippen LogP contribution is -2.30. The van der Waals surface area contributed by atoms with Crippen LogP contribution in [0.3, 0.4) is 0 Å². The van der Waals surface area contributed by atoms with Crippen LogP contribution in [-0.4, -0.2) is 24.7 Å². The Morgan fingerprint density at radius 2 is 1.36 bits per heavy atom. The summed E-state index contributed by atoms with van der Waals surface area (Å²) in [6.07, 6.45) is 5.84. The van der Waals surface area contributed by atoms with E-state index in [4.69, 9.17) is 0 Å². The van der Waals surface area contributed by atoms with Crippen molar-refractivity contribution in [1.82, 2.24) is 0 Å². The molecule has 0 saturated carbocycles. The first-order valence-electron chi connectivity index (χ1n) is 10.2. The fourth-order valence-electron chi connectivity index (χ4n) is 3.69. The highest BCUT2D eigenvalue weighted by atomic mass is 32.2. The Balaban J connectivity index is 1.44. The molecule has 0 atom stereocenters. The molecule has 3 nitrogen and oxygen atoms in total. The Morgan fingerprint density at radius 3 is 2.07 bits per heavy atom. The fourth-order valence-corrected chi connectivity index (χ4v) is 4.88. The van der Waals surface area contributed by atoms with Gasteiger partial charge in [0.05, 0.1) is 10.5 Å². The van der Waals surface area contributed by atoms with Gasteiger partial charge in [-0.3, -0.25) is 4.79 Å². The molecule has 0 heterocycles. The lowest BCUT2D eigenvalue weighted by Gasteiger charge is -2.18. The van der Waals surface area contributed by atoms with Crippen LogP contribution in [0.4, 0.5) is 0 Å². The van der Waals surface area contributed by atoms with Crippen LogP contribution < -0.4 is 0 Å². The van der Waals surface area contributed by atoms with Crippen molar-refractivity contribution in [3.63, 3.8) is 0 Å². The van der Waals surface area contributed by atoms with Gasteiger partial charge < -0.3 is 0 Å². The Bertz CT molecular complexity index is 966. The first-order valence-corrected chi connectivity index (χ1v) is 11.9. The van der Waals surface area contributed by atoms with Crippen LogP contribution in [-0.2, 0) is 16.3 Å². The minimum Gasteiger partial charge on any atom is -0.289 e. The van der Waals surface area contributed by atoms with Crippen molar-refractivity contribution < 1.29 is 13.2 Å². The van der Waals surface area contributed by atoms with Crippen molar-refractivity contribution in [1.29, 1.82) is 0 Å². The molecule has 0 bridgehead atoms. The van der Waals surface area contributed by atoms with E-state index in [1.54, 1.807) is 20.8 Å². The predicted molar refractivity (Wildman–Crippen MR) is 116 cm³/mol. The van der Waals surface area contributed by atoms with Gasteiger partial charge in [-0.2, -0.15) is 0 Å². The molecule has 1 aliphatic carbocycles. The quantitative estimate of drug-likeness (QED) is 0.464. The summed E-state index contributed by atoms with van der Waals surface area (Å²) in [5, 5.41) is 0. The SMILES string of the molecule is CC(C)(C)S(=O)(=O)CCCCCCCc1ccc2c(c1)C(=O)c1ccccc1-2.